The molecule has 1 fully saturated rings. The Morgan fingerprint density at radius 2 is 2.17 bits per heavy atom. The SMILES string of the molecule is Cc1nn(C)c(OCCC(C)C)c1CNC1CC1. The van der Waals surface area contributed by atoms with Crippen LogP contribution in [0.15, 0.2) is 0 Å². The van der Waals surface area contributed by atoms with Crippen LogP contribution < -0.4 is 10.1 Å². The number of hydrogen-bond acceptors (Lipinski definition) is 3. The quantitative estimate of drug-likeness (QED) is 0.809. The summed E-state index contributed by atoms with van der Waals surface area (Å²) >= 11 is 0. The number of aryl methyl sites for hydroxylation is 2. The molecule has 0 unspecified atom stereocenters. The van der Waals surface area contributed by atoms with Crippen molar-refractivity contribution in [3.05, 3.63) is 11.3 Å². The van der Waals surface area contributed by atoms with Crippen LogP contribution in [0.1, 0.15) is 44.4 Å². The second-order valence-electron chi connectivity index (χ2n) is 5.68. The van der Waals surface area contributed by atoms with Crippen LogP contribution in [-0.2, 0) is 13.6 Å². The summed E-state index contributed by atoms with van der Waals surface area (Å²) in [7, 11) is 1.96. The molecule has 1 aromatic rings. The van der Waals surface area contributed by atoms with Crippen molar-refractivity contribution in [2.24, 2.45) is 13.0 Å². The summed E-state index contributed by atoms with van der Waals surface area (Å²) in [5, 5.41) is 7.99. The Labute approximate surface area is 110 Å². The number of ether oxygens (including phenoxy) is 1. The van der Waals surface area contributed by atoms with Gasteiger partial charge in [-0.1, -0.05) is 13.8 Å². The molecule has 0 atom stereocenters. The lowest BCUT2D eigenvalue weighted by Crippen LogP contribution is -2.16. The molecule has 0 bridgehead atoms. The van der Waals surface area contributed by atoms with Crippen molar-refractivity contribution in [2.75, 3.05) is 6.61 Å². The highest BCUT2D eigenvalue weighted by Gasteiger charge is 2.22. The lowest BCUT2D eigenvalue weighted by Gasteiger charge is -2.11. The third-order valence-corrected chi connectivity index (χ3v) is 3.37. The summed E-state index contributed by atoms with van der Waals surface area (Å²) in [6.45, 7) is 8.13. The summed E-state index contributed by atoms with van der Waals surface area (Å²) in [5.41, 5.74) is 2.29. The molecule has 0 aromatic carbocycles. The van der Waals surface area contributed by atoms with E-state index in [1.54, 1.807) is 0 Å². The molecule has 1 N–H and O–H groups in total. The van der Waals surface area contributed by atoms with E-state index in [2.05, 4.69) is 31.2 Å². The number of nitrogens with zero attached hydrogens (tertiary/aromatic N) is 2. The lowest BCUT2D eigenvalue weighted by atomic mass is 10.1. The van der Waals surface area contributed by atoms with E-state index in [1.807, 2.05) is 11.7 Å². The normalized spacial score (nSPS) is 15.4. The Hall–Kier alpha value is -1.03. The Bertz CT molecular complexity index is 394. The van der Waals surface area contributed by atoms with Gasteiger partial charge in [-0.15, -0.1) is 0 Å². The van der Waals surface area contributed by atoms with Crippen LogP contribution in [0.25, 0.3) is 0 Å². The second-order valence-corrected chi connectivity index (χ2v) is 5.68. The van der Waals surface area contributed by atoms with Gasteiger partial charge in [-0.3, -0.25) is 0 Å². The van der Waals surface area contributed by atoms with Gasteiger partial charge in [-0.25, -0.2) is 4.68 Å². The van der Waals surface area contributed by atoms with Crippen molar-refractivity contribution in [1.82, 2.24) is 15.1 Å². The first-order valence-electron chi connectivity index (χ1n) is 6.96. The third kappa shape index (κ3) is 3.48. The monoisotopic (exact) mass is 251 g/mol. The average molecular weight is 251 g/mol. The smallest absolute Gasteiger partial charge is 0.216 e. The van der Waals surface area contributed by atoms with Gasteiger partial charge in [0.15, 0.2) is 0 Å². The molecule has 18 heavy (non-hydrogen) atoms. The van der Waals surface area contributed by atoms with Crippen molar-refractivity contribution >= 4 is 0 Å². The maximum absolute atomic E-state index is 5.91. The van der Waals surface area contributed by atoms with Gasteiger partial charge in [0.2, 0.25) is 5.88 Å². The van der Waals surface area contributed by atoms with E-state index in [0.717, 1.165) is 31.1 Å². The maximum atomic E-state index is 5.91. The second kappa shape index (κ2) is 5.74. The molecule has 2 rings (SSSR count). The summed E-state index contributed by atoms with van der Waals surface area (Å²) < 4.78 is 7.77. The highest BCUT2D eigenvalue weighted by atomic mass is 16.5. The fourth-order valence-corrected chi connectivity index (χ4v) is 1.99. The van der Waals surface area contributed by atoms with E-state index in [9.17, 15) is 0 Å². The summed E-state index contributed by atoms with van der Waals surface area (Å²) in [4.78, 5) is 0. The van der Waals surface area contributed by atoms with Gasteiger partial charge in [-0.2, -0.15) is 5.10 Å². The number of rotatable bonds is 7. The van der Waals surface area contributed by atoms with Crippen molar-refractivity contribution in [3.63, 3.8) is 0 Å². The predicted octanol–water partition coefficient (Wildman–Crippen LogP) is 2.41. The minimum atomic E-state index is 0.673. The highest BCUT2D eigenvalue weighted by molar-refractivity contribution is 5.31. The van der Waals surface area contributed by atoms with E-state index in [0.29, 0.717) is 12.0 Å². The third-order valence-electron chi connectivity index (χ3n) is 3.37. The molecule has 1 aliphatic rings. The molecule has 0 radical (unpaired) electrons. The van der Waals surface area contributed by atoms with Gasteiger partial charge < -0.3 is 10.1 Å². The first kappa shape index (κ1) is 13.4. The summed E-state index contributed by atoms with van der Waals surface area (Å²) in [6, 6.07) is 0.716. The van der Waals surface area contributed by atoms with Crippen molar-refractivity contribution in [2.45, 2.75) is 52.6 Å². The zero-order valence-corrected chi connectivity index (χ0v) is 12.0. The topological polar surface area (TPSA) is 39.1 Å². The highest BCUT2D eigenvalue weighted by Crippen LogP contribution is 2.24. The first-order chi connectivity index (χ1) is 8.58. The molecular weight excluding hydrogens is 226 g/mol. The number of aromatic nitrogens is 2. The van der Waals surface area contributed by atoms with E-state index in [4.69, 9.17) is 4.74 Å². The maximum Gasteiger partial charge on any atom is 0.216 e. The zero-order valence-electron chi connectivity index (χ0n) is 12.0. The van der Waals surface area contributed by atoms with Gasteiger partial charge in [-0.05, 0) is 32.1 Å². The number of hydrogen-bond donors (Lipinski definition) is 1. The molecule has 1 heterocycles. The standard InChI is InChI=1S/C14H25N3O/c1-10(2)7-8-18-14-13(9-15-12-5-6-12)11(3)16-17(14)4/h10,12,15H,5-9H2,1-4H3. The van der Waals surface area contributed by atoms with Crippen molar-refractivity contribution in [3.8, 4) is 5.88 Å². The predicted molar refractivity (Wildman–Crippen MR) is 72.8 cm³/mol. The Morgan fingerprint density at radius 1 is 1.44 bits per heavy atom. The first-order valence-corrected chi connectivity index (χ1v) is 6.96. The molecule has 0 aliphatic heterocycles. The van der Waals surface area contributed by atoms with Gasteiger partial charge in [0.05, 0.1) is 17.9 Å². The molecule has 4 heteroatoms. The van der Waals surface area contributed by atoms with Crippen LogP contribution >= 0.6 is 0 Å². The van der Waals surface area contributed by atoms with Crippen LogP contribution in [-0.4, -0.2) is 22.4 Å². The van der Waals surface area contributed by atoms with Crippen LogP contribution in [0.3, 0.4) is 0 Å². The Balaban J connectivity index is 1.96. The van der Waals surface area contributed by atoms with Crippen LogP contribution in [0, 0.1) is 12.8 Å². The average Bonchev–Trinajstić information content (AvgIpc) is 3.06. The molecule has 1 aromatic heterocycles. The van der Waals surface area contributed by atoms with E-state index in [-0.39, 0.29) is 0 Å². The van der Waals surface area contributed by atoms with Crippen molar-refractivity contribution < 1.29 is 4.74 Å². The molecule has 0 amide bonds. The van der Waals surface area contributed by atoms with Crippen LogP contribution in [0.4, 0.5) is 0 Å². The molecular formula is C14H25N3O. The largest absolute Gasteiger partial charge is 0.478 e. The minimum Gasteiger partial charge on any atom is -0.478 e. The van der Waals surface area contributed by atoms with E-state index >= 15 is 0 Å². The van der Waals surface area contributed by atoms with E-state index in [1.165, 1.54) is 18.4 Å². The molecule has 102 valence electrons. The fourth-order valence-electron chi connectivity index (χ4n) is 1.99. The summed E-state index contributed by atoms with van der Waals surface area (Å²) in [5.74, 6) is 1.61. The van der Waals surface area contributed by atoms with Crippen LogP contribution in [0.2, 0.25) is 0 Å². The molecule has 0 saturated heterocycles. The molecule has 4 nitrogen and oxygen atoms in total. The van der Waals surface area contributed by atoms with Gasteiger partial charge in [0.25, 0.3) is 0 Å². The van der Waals surface area contributed by atoms with Gasteiger partial charge >= 0.3 is 0 Å². The number of nitrogens with one attached hydrogen (secondary N) is 1. The van der Waals surface area contributed by atoms with Gasteiger partial charge in [0.1, 0.15) is 0 Å². The summed E-state index contributed by atoms with van der Waals surface area (Å²) in [6.07, 6.45) is 3.70. The molecule has 1 aliphatic carbocycles. The van der Waals surface area contributed by atoms with Crippen molar-refractivity contribution in [1.29, 1.82) is 0 Å². The Morgan fingerprint density at radius 3 is 2.78 bits per heavy atom. The molecule has 1 saturated carbocycles. The fraction of sp³-hybridized carbons (Fsp3) is 0.786. The van der Waals surface area contributed by atoms with Crippen LogP contribution in [0.5, 0.6) is 5.88 Å². The van der Waals surface area contributed by atoms with E-state index < -0.39 is 0 Å². The lowest BCUT2D eigenvalue weighted by molar-refractivity contribution is 0.264. The minimum absolute atomic E-state index is 0.673. The van der Waals surface area contributed by atoms with Gasteiger partial charge in [0, 0.05) is 19.6 Å². The molecule has 0 spiro atoms. The zero-order chi connectivity index (χ0) is 13.1. The Kier molecular flexibility index (Phi) is 4.27.